The maximum atomic E-state index is 12.5. The Morgan fingerprint density at radius 2 is 1.91 bits per heavy atom. The van der Waals surface area contributed by atoms with Crippen LogP contribution in [-0.2, 0) is 14.8 Å². The lowest BCUT2D eigenvalue weighted by Gasteiger charge is -2.28. The van der Waals surface area contributed by atoms with Gasteiger partial charge in [0.05, 0.1) is 12.1 Å². The van der Waals surface area contributed by atoms with Crippen LogP contribution < -0.4 is 0 Å². The number of ether oxygens (including phenoxy) is 1. The number of rotatable bonds is 3. The first-order valence-electron chi connectivity index (χ1n) is 7.32. The molecule has 0 N–H and O–H groups in total. The molecule has 0 spiro atoms. The molecule has 2 aliphatic heterocycles. The molecule has 0 aliphatic carbocycles. The van der Waals surface area contributed by atoms with E-state index >= 15 is 0 Å². The van der Waals surface area contributed by atoms with Crippen LogP contribution in [0, 0.1) is 0 Å². The summed E-state index contributed by atoms with van der Waals surface area (Å²) in [6, 6.07) is 2.77. The predicted molar refractivity (Wildman–Crippen MR) is 77.8 cm³/mol. The number of amides is 1. The monoisotopic (exact) mass is 328 g/mol. The van der Waals surface area contributed by atoms with Gasteiger partial charge in [-0.25, -0.2) is 8.42 Å². The third-order valence-electron chi connectivity index (χ3n) is 4.10. The molecule has 3 heterocycles. The van der Waals surface area contributed by atoms with Gasteiger partial charge in [-0.2, -0.15) is 4.31 Å². The number of nitrogens with zero attached hydrogens (tertiary/aromatic N) is 2. The molecule has 0 bridgehead atoms. The first-order valence-corrected chi connectivity index (χ1v) is 8.76. The Labute approximate surface area is 129 Å². The van der Waals surface area contributed by atoms with E-state index in [2.05, 4.69) is 0 Å². The zero-order valence-corrected chi connectivity index (χ0v) is 13.6. The molecule has 7 nitrogen and oxygen atoms in total. The second-order valence-corrected chi connectivity index (χ2v) is 8.12. The Morgan fingerprint density at radius 3 is 2.50 bits per heavy atom. The minimum Gasteiger partial charge on any atom is -0.438 e. The third kappa shape index (κ3) is 2.55. The van der Waals surface area contributed by atoms with Gasteiger partial charge in [0.2, 0.25) is 5.09 Å². The van der Waals surface area contributed by atoms with Crippen LogP contribution in [0.15, 0.2) is 21.6 Å². The minimum absolute atomic E-state index is 0.0244. The highest BCUT2D eigenvalue weighted by Gasteiger charge is 2.39. The SMILES string of the molecule is CC1(C)COCN1C(=O)c1ccc(S(=O)(=O)N2CCCC2)o1. The average Bonchev–Trinajstić information content (AvgIpc) is 3.18. The topological polar surface area (TPSA) is 80.1 Å². The van der Waals surface area contributed by atoms with E-state index in [9.17, 15) is 13.2 Å². The largest absolute Gasteiger partial charge is 0.438 e. The summed E-state index contributed by atoms with van der Waals surface area (Å²) in [5.74, 6) is -0.332. The van der Waals surface area contributed by atoms with E-state index in [4.69, 9.17) is 9.15 Å². The van der Waals surface area contributed by atoms with Crippen molar-refractivity contribution in [3.63, 3.8) is 0 Å². The summed E-state index contributed by atoms with van der Waals surface area (Å²) < 4.78 is 36.9. The van der Waals surface area contributed by atoms with Crippen molar-refractivity contribution < 1.29 is 22.4 Å². The van der Waals surface area contributed by atoms with Crippen molar-refractivity contribution >= 4 is 15.9 Å². The molecule has 8 heteroatoms. The van der Waals surface area contributed by atoms with Crippen LogP contribution >= 0.6 is 0 Å². The Morgan fingerprint density at radius 1 is 1.23 bits per heavy atom. The van der Waals surface area contributed by atoms with E-state index in [0.29, 0.717) is 19.7 Å². The summed E-state index contributed by atoms with van der Waals surface area (Å²) in [4.78, 5) is 14.0. The maximum absolute atomic E-state index is 12.5. The Hall–Kier alpha value is -1.38. The summed E-state index contributed by atoms with van der Waals surface area (Å²) in [5.41, 5.74) is -0.433. The van der Waals surface area contributed by atoms with Gasteiger partial charge in [0.1, 0.15) is 6.73 Å². The molecule has 2 saturated heterocycles. The van der Waals surface area contributed by atoms with E-state index in [-0.39, 0.29) is 23.5 Å². The van der Waals surface area contributed by atoms with Gasteiger partial charge in [0.25, 0.3) is 15.9 Å². The molecule has 2 aliphatic rings. The molecule has 0 unspecified atom stereocenters. The molecule has 122 valence electrons. The van der Waals surface area contributed by atoms with Gasteiger partial charge in [-0.15, -0.1) is 0 Å². The van der Waals surface area contributed by atoms with Crippen LogP contribution in [0.1, 0.15) is 37.2 Å². The summed E-state index contributed by atoms with van der Waals surface area (Å²) >= 11 is 0. The molecule has 3 rings (SSSR count). The lowest BCUT2D eigenvalue weighted by molar-refractivity contribution is 0.0567. The van der Waals surface area contributed by atoms with Crippen molar-refractivity contribution in [2.24, 2.45) is 0 Å². The Kier molecular flexibility index (Phi) is 3.78. The molecule has 0 saturated carbocycles. The quantitative estimate of drug-likeness (QED) is 0.835. The molecular formula is C14H20N2O5S. The number of carbonyl (C=O) groups is 1. The smallest absolute Gasteiger partial charge is 0.291 e. The minimum atomic E-state index is -3.64. The normalized spacial score (nSPS) is 22.4. The first kappa shape index (κ1) is 15.5. The molecule has 0 aromatic carbocycles. The fourth-order valence-electron chi connectivity index (χ4n) is 2.74. The molecular weight excluding hydrogens is 308 g/mol. The number of furan rings is 1. The Bertz CT molecular complexity index is 673. The fraction of sp³-hybridized carbons (Fsp3) is 0.643. The third-order valence-corrected chi connectivity index (χ3v) is 5.88. The van der Waals surface area contributed by atoms with Crippen molar-refractivity contribution in [2.75, 3.05) is 26.4 Å². The molecule has 1 aromatic heterocycles. The van der Waals surface area contributed by atoms with Gasteiger partial charge >= 0.3 is 0 Å². The number of sulfonamides is 1. The standard InChI is InChI=1S/C14H20N2O5S/c1-14(2)9-20-10-16(14)13(17)11-5-6-12(21-11)22(18,19)15-7-3-4-8-15/h5-6H,3-4,7-10H2,1-2H3. The highest BCUT2D eigenvalue weighted by Crippen LogP contribution is 2.27. The molecule has 2 fully saturated rings. The molecule has 0 atom stereocenters. The van der Waals surface area contributed by atoms with Gasteiger partial charge in [-0.1, -0.05) is 0 Å². The van der Waals surface area contributed by atoms with Crippen LogP contribution in [0.5, 0.6) is 0 Å². The van der Waals surface area contributed by atoms with E-state index in [1.165, 1.54) is 21.3 Å². The highest BCUT2D eigenvalue weighted by atomic mass is 32.2. The van der Waals surface area contributed by atoms with Gasteiger partial charge in [-0.05, 0) is 38.8 Å². The van der Waals surface area contributed by atoms with Crippen LogP contribution in [0.4, 0.5) is 0 Å². The zero-order valence-electron chi connectivity index (χ0n) is 12.7. The second-order valence-electron chi connectivity index (χ2n) is 6.25. The van der Waals surface area contributed by atoms with E-state index in [1.54, 1.807) is 0 Å². The van der Waals surface area contributed by atoms with E-state index in [0.717, 1.165) is 12.8 Å². The molecule has 0 radical (unpaired) electrons. The van der Waals surface area contributed by atoms with Gasteiger partial charge in [0.15, 0.2) is 5.76 Å². The van der Waals surface area contributed by atoms with Gasteiger partial charge in [0, 0.05) is 13.1 Å². The van der Waals surface area contributed by atoms with Crippen molar-refractivity contribution in [1.29, 1.82) is 0 Å². The van der Waals surface area contributed by atoms with E-state index < -0.39 is 15.6 Å². The first-order chi connectivity index (χ1) is 10.3. The lowest BCUT2D eigenvalue weighted by Crippen LogP contribution is -2.44. The summed E-state index contributed by atoms with van der Waals surface area (Å²) in [6.07, 6.45) is 1.70. The van der Waals surface area contributed by atoms with E-state index in [1.807, 2.05) is 13.8 Å². The summed E-state index contributed by atoms with van der Waals surface area (Å²) in [5, 5.41) is -0.171. The number of hydrogen-bond acceptors (Lipinski definition) is 5. The summed E-state index contributed by atoms with van der Waals surface area (Å²) in [6.45, 7) is 5.41. The molecule has 1 aromatic rings. The van der Waals surface area contributed by atoms with Gasteiger partial charge < -0.3 is 14.1 Å². The fourth-order valence-corrected chi connectivity index (χ4v) is 4.16. The van der Waals surface area contributed by atoms with Crippen LogP contribution in [0.2, 0.25) is 0 Å². The van der Waals surface area contributed by atoms with Gasteiger partial charge in [-0.3, -0.25) is 4.79 Å². The summed E-state index contributed by atoms with van der Waals surface area (Å²) in [7, 11) is -3.64. The predicted octanol–water partition coefficient (Wildman–Crippen LogP) is 1.27. The van der Waals surface area contributed by atoms with Crippen LogP contribution in [-0.4, -0.2) is 55.5 Å². The second kappa shape index (κ2) is 5.36. The highest BCUT2D eigenvalue weighted by molar-refractivity contribution is 7.89. The lowest BCUT2D eigenvalue weighted by atomic mass is 10.1. The molecule has 1 amide bonds. The van der Waals surface area contributed by atoms with Crippen LogP contribution in [0.3, 0.4) is 0 Å². The van der Waals surface area contributed by atoms with Crippen molar-refractivity contribution in [3.05, 3.63) is 17.9 Å². The zero-order chi connectivity index (χ0) is 16.0. The molecule has 22 heavy (non-hydrogen) atoms. The van der Waals surface area contributed by atoms with Crippen LogP contribution in [0.25, 0.3) is 0 Å². The maximum Gasteiger partial charge on any atom is 0.291 e. The number of carbonyl (C=O) groups excluding carboxylic acids is 1. The number of hydrogen-bond donors (Lipinski definition) is 0. The Balaban J connectivity index is 1.83. The average molecular weight is 328 g/mol. The van der Waals surface area contributed by atoms with Crippen molar-refractivity contribution in [1.82, 2.24) is 9.21 Å². The van der Waals surface area contributed by atoms with Crippen molar-refractivity contribution in [2.45, 2.75) is 37.3 Å². The van der Waals surface area contributed by atoms with Crippen molar-refractivity contribution in [3.8, 4) is 0 Å².